The molecular weight excluding hydrogens is 258 g/mol. The highest BCUT2D eigenvalue weighted by molar-refractivity contribution is 5.57. The topological polar surface area (TPSA) is 21.3 Å². The zero-order chi connectivity index (χ0) is 14.1. The summed E-state index contributed by atoms with van der Waals surface area (Å²) < 4.78 is 5.79. The summed E-state index contributed by atoms with van der Waals surface area (Å²) in [6, 6.07) is 15.2. The molecule has 0 spiro atoms. The lowest BCUT2D eigenvalue weighted by molar-refractivity contribution is 0.266. The maximum atomic E-state index is 5.79. The van der Waals surface area contributed by atoms with Crippen molar-refractivity contribution in [2.24, 2.45) is 0 Å². The first-order valence-corrected chi connectivity index (χ1v) is 7.98. The number of ether oxygens (including phenoxy) is 1. The molecule has 1 unspecified atom stereocenters. The summed E-state index contributed by atoms with van der Waals surface area (Å²) in [4.78, 5) is 0. The van der Waals surface area contributed by atoms with E-state index in [1.165, 1.54) is 35.2 Å². The summed E-state index contributed by atoms with van der Waals surface area (Å²) in [5.41, 5.74) is 5.78. The van der Waals surface area contributed by atoms with Gasteiger partial charge >= 0.3 is 0 Å². The van der Waals surface area contributed by atoms with Gasteiger partial charge in [-0.15, -0.1) is 0 Å². The van der Waals surface area contributed by atoms with Crippen LogP contribution in [0.3, 0.4) is 0 Å². The van der Waals surface area contributed by atoms with Gasteiger partial charge < -0.3 is 10.1 Å². The molecule has 0 bridgehead atoms. The molecule has 2 aliphatic heterocycles. The molecule has 1 atom stereocenters. The van der Waals surface area contributed by atoms with Gasteiger partial charge in [0, 0.05) is 12.2 Å². The molecule has 4 rings (SSSR count). The summed E-state index contributed by atoms with van der Waals surface area (Å²) in [6.45, 7) is 1.95. The van der Waals surface area contributed by atoms with E-state index >= 15 is 0 Å². The second-order valence-corrected chi connectivity index (χ2v) is 6.05. The zero-order valence-electron chi connectivity index (χ0n) is 12.3. The van der Waals surface area contributed by atoms with Crippen molar-refractivity contribution >= 4 is 5.69 Å². The Kier molecular flexibility index (Phi) is 3.30. The standard InChI is InChI=1S/C19H21NO/c1-2-9-19-17(6-1)15(10-12-21-19)13-14-5-3-8-18-16(14)7-4-11-20-18/h1-3,5-6,8-9,15,20H,4,7,10-13H2. The van der Waals surface area contributed by atoms with Gasteiger partial charge in [-0.3, -0.25) is 0 Å². The van der Waals surface area contributed by atoms with Gasteiger partial charge in [-0.2, -0.15) is 0 Å². The molecule has 2 heterocycles. The van der Waals surface area contributed by atoms with Crippen LogP contribution < -0.4 is 10.1 Å². The monoisotopic (exact) mass is 279 g/mol. The molecule has 21 heavy (non-hydrogen) atoms. The Morgan fingerprint density at radius 2 is 2.05 bits per heavy atom. The maximum Gasteiger partial charge on any atom is 0.122 e. The molecule has 0 radical (unpaired) electrons. The Labute approximate surface area is 126 Å². The summed E-state index contributed by atoms with van der Waals surface area (Å²) in [7, 11) is 0. The first kappa shape index (κ1) is 12.8. The van der Waals surface area contributed by atoms with Gasteiger partial charge in [0.25, 0.3) is 0 Å². The van der Waals surface area contributed by atoms with E-state index in [1.54, 1.807) is 0 Å². The molecule has 0 saturated carbocycles. The number of rotatable bonds is 2. The summed E-state index contributed by atoms with van der Waals surface area (Å²) in [5, 5.41) is 3.53. The van der Waals surface area contributed by atoms with E-state index in [0.29, 0.717) is 5.92 Å². The summed E-state index contributed by atoms with van der Waals surface area (Å²) in [6.07, 6.45) is 4.71. The van der Waals surface area contributed by atoms with E-state index < -0.39 is 0 Å². The van der Waals surface area contributed by atoms with Crippen molar-refractivity contribution < 1.29 is 4.74 Å². The van der Waals surface area contributed by atoms with Crippen molar-refractivity contribution in [3.8, 4) is 5.75 Å². The third-order valence-electron chi connectivity index (χ3n) is 4.74. The van der Waals surface area contributed by atoms with Crippen molar-refractivity contribution in [1.29, 1.82) is 0 Å². The molecule has 0 aromatic heterocycles. The predicted octanol–water partition coefficient (Wildman–Crippen LogP) is 4.15. The molecule has 1 N–H and O–H groups in total. The third kappa shape index (κ3) is 2.39. The van der Waals surface area contributed by atoms with Gasteiger partial charge in [-0.25, -0.2) is 0 Å². The van der Waals surface area contributed by atoms with Crippen LogP contribution in [0.1, 0.15) is 35.4 Å². The Bertz CT molecular complexity index is 650. The smallest absolute Gasteiger partial charge is 0.122 e. The third-order valence-corrected chi connectivity index (χ3v) is 4.74. The fourth-order valence-electron chi connectivity index (χ4n) is 3.67. The number of fused-ring (bicyclic) bond motifs is 2. The van der Waals surface area contributed by atoms with Gasteiger partial charge in [0.05, 0.1) is 6.61 Å². The van der Waals surface area contributed by atoms with Crippen molar-refractivity contribution in [3.05, 3.63) is 59.2 Å². The minimum Gasteiger partial charge on any atom is -0.493 e. The fraction of sp³-hybridized carbons (Fsp3) is 0.368. The van der Waals surface area contributed by atoms with Crippen LogP contribution in [-0.4, -0.2) is 13.2 Å². The molecule has 0 fully saturated rings. The molecule has 108 valence electrons. The van der Waals surface area contributed by atoms with Crippen LogP contribution >= 0.6 is 0 Å². The van der Waals surface area contributed by atoms with E-state index in [-0.39, 0.29) is 0 Å². The lowest BCUT2D eigenvalue weighted by Crippen LogP contribution is -2.18. The highest BCUT2D eigenvalue weighted by Gasteiger charge is 2.23. The fourth-order valence-corrected chi connectivity index (χ4v) is 3.67. The number of benzene rings is 2. The van der Waals surface area contributed by atoms with Crippen LogP contribution in [0, 0.1) is 0 Å². The normalized spacial score (nSPS) is 19.9. The van der Waals surface area contributed by atoms with Crippen LogP contribution in [0.5, 0.6) is 5.75 Å². The van der Waals surface area contributed by atoms with E-state index in [9.17, 15) is 0 Å². The van der Waals surface area contributed by atoms with Crippen molar-refractivity contribution in [2.45, 2.75) is 31.6 Å². The van der Waals surface area contributed by atoms with Crippen LogP contribution in [-0.2, 0) is 12.8 Å². The van der Waals surface area contributed by atoms with Gasteiger partial charge in [0.2, 0.25) is 0 Å². The SMILES string of the molecule is c1cc(CC2CCOc3ccccc32)c2c(c1)NCCC2. The summed E-state index contributed by atoms with van der Waals surface area (Å²) in [5.74, 6) is 1.67. The largest absolute Gasteiger partial charge is 0.493 e. The first-order chi connectivity index (χ1) is 10.4. The van der Waals surface area contributed by atoms with Gasteiger partial charge in [-0.05, 0) is 60.4 Å². The molecular formula is C19H21NO. The van der Waals surface area contributed by atoms with Crippen LogP contribution in [0.2, 0.25) is 0 Å². The number of hydrogen-bond donors (Lipinski definition) is 1. The molecule has 2 nitrogen and oxygen atoms in total. The first-order valence-electron chi connectivity index (χ1n) is 7.98. The predicted molar refractivity (Wildman–Crippen MR) is 86.3 cm³/mol. The maximum absolute atomic E-state index is 5.79. The molecule has 0 saturated heterocycles. The minimum absolute atomic E-state index is 0.586. The quantitative estimate of drug-likeness (QED) is 0.891. The van der Waals surface area contributed by atoms with E-state index in [4.69, 9.17) is 4.74 Å². The molecule has 0 amide bonds. The lowest BCUT2D eigenvalue weighted by Gasteiger charge is -2.28. The molecule has 2 aliphatic rings. The Hall–Kier alpha value is -1.96. The molecule has 2 aromatic carbocycles. The van der Waals surface area contributed by atoms with Crippen molar-refractivity contribution in [2.75, 3.05) is 18.5 Å². The molecule has 2 heteroatoms. The number of para-hydroxylation sites is 1. The Morgan fingerprint density at radius 1 is 1.10 bits per heavy atom. The number of nitrogens with one attached hydrogen (secondary N) is 1. The highest BCUT2D eigenvalue weighted by atomic mass is 16.5. The molecule has 0 aliphatic carbocycles. The van der Waals surface area contributed by atoms with Crippen LogP contribution in [0.4, 0.5) is 5.69 Å². The minimum atomic E-state index is 0.586. The van der Waals surface area contributed by atoms with E-state index in [2.05, 4.69) is 47.8 Å². The van der Waals surface area contributed by atoms with Gasteiger partial charge in [-0.1, -0.05) is 30.3 Å². The Balaban J connectivity index is 1.66. The van der Waals surface area contributed by atoms with Gasteiger partial charge in [0.1, 0.15) is 5.75 Å². The molecule has 2 aromatic rings. The summed E-state index contributed by atoms with van der Waals surface area (Å²) >= 11 is 0. The second kappa shape index (κ2) is 5.44. The highest BCUT2D eigenvalue weighted by Crippen LogP contribution is 2.37. The van der Waals surface area contributed by atoms with Crippen LogP contribution in [0.25, 0.3) is 0 Å². The number of anilines is 1. The average molecular weight is 279 g/mol. The Morgan fingerprint density at radius 3 is 3.05 bits per heavy atom. The van der Waals surface area contributed by atoms with E-state index in [0.717, 1.165) is 31.7 Å². The van der Waals surface area contributed by atoms with Crippen molar-refractivity contribution in [1.82, 2.24) is 0 Å². The second-order valence-electron chi connectivity index (χ2n) is 6.05. The zero-order valence-corrected chi connectivity index (χ0v) is 12.3. The number of hydrogen-bond acceptors (Lipinski definition) is 2. The van der Waals surface area contributed by atoms with Crippen molar-refractivity contribution in [3.63, 3.8) is 0 Å². The van der Waals surface area contributed by atoms with Crippen LogP contribution in [0.15, 0.2) is 42.5 Å². The lowest BCUT2D eigenvalue weighted by atomic mass is 9.84. The average Bonchev–Trinajstić information content (AvgIpc) is 2.56. The van der Waals surface area contributed by atoms with Gasteiger partial charge in [0.15, 0.2) is 0 Å². The van der Waals surface area contributed by atoms with E-state index in [1.807, 2.05) is 0 Å².